The molecule has 1 fully saturated rings. The standard InChI is InChI=1S/C41H52N6O7/c1-10-28-25-46(19-20-47(28)39(50)54-41(5,6)7)24-27-23-29(17-18-42-27)53-35-16-15-32(30-13-11-12-14-31(30)35)43-37(48)44-33-21-26(40(2,3)4)22-34(36(33)51-8)45-38(49)52-9/h11-18,21-23,28H,10,19-20,24-25H2,1-9H3,(H,45,49)(H2,43,44,48). The number of urea groups is 1. The fraction of sp³-hybridized carbons (Fsp3) is 0.415. The van der Waals surface area contributed by atoms with Crippen LogP contribution in [-0.2, 0) is 21.4 Å². The SMILES string of the molecule is CCC1CN(Cc2cc(Oc3ccc(NC(=O)Nc4cc(C(C)(C)C)cc(NC(=O)OC)c4OC)c4ccccc34)ccn2)CCN1C(=O)OC(C)(C)C. The predicted molar refractivity (Wildman–Crippen MR) is 211 cm³/mol. The van der Waals surface area contributed by atoms with Gasteiger partial charge in [0.25, 0.3) is 0 Å². The van der Waals surface area contributed by atoms with Crippen molar-refractivity contribution < 1.29 is 33.3 Å². The fourth-order valence-electron chi connectivity index (χ4n) is 6.31. The first-order valence-electron chi connectivity index (χ1n) is 18.1. The van der Waals surface area contributed by atoms with Crippen molar-refractivity contribution in [3.05, 3.63) is 78.1 Å². The summed E-state index contributed by atoms with van der Waals surface area (Å²) in [5.41, 5.74) is 2.18. The van der Waals surface area contributed by atoms with Gasteiger partial charge in [0.2, 0.25) is 0 Å². The minimum absolute atomic E-state index is 0.0466. The average Bonchev–Trinajstić information content (AvgIpc) is 3.11. The molecule has 0 spiro atoms. The van der Waals surface area contributed by atoms with Crippen molar-refractivity contribution >= 4 is 46.1 Å². The van der Waals surface area contributed by atoms with E-state index in [4.69, 9.17) is 18.9 Å². The Bertz CT molecular complexity index is 1990. The Morgan fingerprint density at radius 3 is 2.19 bits per heavy atom. The molecule has 288 valence electrons. The summed E-state index contributed by atoms with van der Waals surface area (Å²) in [4.78, 5) is 47.2. The van der Waals surface area contributed by atoms with Gasteiger partial charge in [0.1, 0.15) is 17.1 Å². The molecule has 2 heterocycles. The Labute approximate surface area is 317 Å². The maximum atomic E-state index is 13.5. The van der Waals surface area contributed by atoms with Gasteiger partial charge in [0.05, 0.1) is 37.0 Å². The number of piperazine rings is 1. The molecule has 1 aliphatic rings. The molecule has 54 heavy (non-hydrogen) atoms. The number of anilines is 3. The number of benzene rings is 3. The summed E-state index contributed by atoms with van der Waals surface area (Å²) in [5.74, 6) is 1.52. The highest BCUT2D eigenvalue weighted by molar-refractivity contribution is 6.08. The predicted octanol–water partition coefficient (Wildman–Crippen LogP) is 8.99. The number of carbonyl (C=O) groups is 3. The zero-order valence-corrected chi connectivity index (χ0v) is 32.7. The topological polar surface area (TPSA) is 144 Å². The quantitative estimate of drug-likeness (QED) is 0.153. The first-order valence-corrected chi connectivity index (χ1v) is 18.1. The van der Waals surface area contributed by atoms with Gasteiger partial charge in [0, 0.05) is 55.3 Å². The maximum absolute atomic E-state index is 13.5. The zero-order chi connectivity index (χ0) is 39.2. The van der Waals surface area contributed by atoms with Crippen LogP contribution in [0.5, 0.6) is 17.2 Å². The lowest BCUT2D eigenvalue weighted by Gasteiger charge is -2.41. The number of carbonyl (C=O) groups excluding carboxylic acids is 3. The van der Waals surface area contributed by atoms with Gasteiger partial charge in [-0.2, -0.15) is 0 Å². The van der Waals surface area contributed by atoms with Crippen LogP contribution >= 0.6 is 0 Å². The number of methoxy groups -OCH3 is 2. The van der Waals surface area contributed by atoms with Crippen LogP contribution in [-0.4, -0.2) is 78.5 Å². The maximum Gasteiger partial charge on any atom is 0.411 e. The van der Waals surface area contributed by atoms with Crippen LogP contribution in [0, 0.1) is 0 Å². The number of nitrogens with one attached hydrogen (secondary N) is 3. The first-order chi connectivity index (χ1) is 25.6. The number of amides is 4. The van der Waals surface area contributed by atoms with Crippen LogP contribution in [0.4, 0.5) is 31.4 Å². The molecule has 0 bridgehead atoms. The third-order valence-corrected chi connectivity index (χ3v) is 9.03. The van der Waals surface area contributed by atoms with Crippen LogP contribution in [0.2, 0.25) is 0 Å². The molecule has 13 nitrogen and oxygen atoms in total. The number of fused-ring (bicyclic) bond motifs is 1. The van der Waals surface area contributed by atoms with Gasteiger partial charge in [-0.3, -0.25) is 15.2 Å². The van der Waals surface area contributed by atoms with Crippen LogP contribution in [0.1, 0.15) is 66.1 Å². The molecule has 3 N–H and O–H groups in total. The number of rotatable bonds is 9. The van der Waals surface area contributed by atoms with Crippen LogP contribution < -0.4 is 25.4 Å². The molecule has 0 saturated carbocycles. The van der Waals surface area contributed by atoms with Crippen molar-refractivity contribution in [2.75, 3.05) is 49.8 Å². The van der Waals surface area contributed by atoms with Crippen molar-refractivity contribution in [2.45, 2.75) is 78.5 Å². The molecule has 1 atom stereocenters. The smallest absolute Gasteiger partial charge is 0.411 e. The molecule has 0 radical (unpaired) electrons. The fourth-order valence-corrected chi connectivity index (χ4v) is 6.31. The van der Waals surface area contributed by atoms with Crippen molar-refractivity contribution in [3.8, 4) is 17.2 Å². The Morgan fingerprint density at radius 2 is 1.54 bits per heavy atom. The van der Waals surface area contributed by atoms with Crippen molar-refractivity contribution in [1.82, 2.24) is 14.8 Å². The van der Waals surface area contributed by atoms with E-state index in [-0.39, 0.29) is 23.3 Å². The lowest BCUT2D eigenvalue weighted by molar-refractivity contribution is -0.00315. The lowest BCUT2D eigenvalue weighted by atomic mass is 9.86. The molecule has 0 aliphatic carbocycles. The van der Waals surface area contributed by atoms with Crippen molar-refractivity contribution in [3.63, 3.8) is 0 Å². The molecule has 13 heteroatoms. The summed E-state index contributed by atoms with van der Waals surface area (Å²) in [6.45, 7) is 16.4. The number of pyridine rings is 1. The summed E-state index contributed by atoms with van der Waals surface area (Å²) in [6, 6.07) is 18.2. The summed E-state index contributed by atoms with van der Waals surface area (Å²) in [5, 5.41) is 10.1. The third kappa shape index (κ3) is 9.90. The molecule has 1 saturated heterocycles. The Hall–Kier alpha value is -5.56. The van der Waals surface area contributed by atoms with Gasteiger partial charge < -0.3 is 34.5 Å². The monoisotopic (exact) mass is 740 g/mol. The van der Waals surface area contributed by atoms with E-state index in [9.17, 15) is 14.4 Å². The van der Waals surface area contributed by atoms with E-state index in [1.165, 1.54) is 14.2 Å². The van der Waals surface area contributed by atoms with E-state index in [1.807, 2.05) is 95.0 Å². The van der Waals surface area contributed by atoms with Crippen molar-refractivity contribution in [1.29, 1.82) is 0 Å². The van der Waals surface area contributed by atoms with Gasteiger partial charge in [0.15, 0.2) is 5.75 Å². The number of hydrogen-bond donors (Lipinski definition) is 3. The second-order valence-electron chi connectivity index (χ2n) is 15.3. The normalized spacial score (nSPS) is 15.0. The summed E-state index contributed by atoms with van der Waals surface area (Å²) >= 11 is 0. The van der Waals surface area contributed by atoms with E-state index in [0.717, 1.165) is 35.0 Å². The highest BCUT2D eigenvalue weighted by Gasteiger charge is 2.32. The summed E-state index contributed by atoms with van der Waals surface area (Å²) in [7, 11) is 2.74. The Morgan fingerprint density at radius 1 is 0.852 bits per heavy atom. The van der Waals surface area contributed by atoms with Crippen LogP contribution in [0.15, 0.2) is 66.9 Å². The summed E-state index contributed by atoms with van der Waals surface area (Å²) < 4.78 is 22.5. The number of aromatic nitrogens is 1. The van der Waals surface area contributed by atoms with E-state index < -0.39 is 17.7 Å². The highest BCUT2D eigenvalue weighted by Crippen LogP contribution is 2.39. The Kier molecular flexibility index (Phi) is 12.2. The van der Waals surface area contributed by atoms with E-state index >= 15 is 0 Å². The van der Waals surface area contributed by atoms with E-state index in [1.54, 1.807) is 18.3 Å². The molecule has 4 amide bonds. The molecule has 1 aliphatic heterocycles. The minimum atomic E-state index is -0.660. The molecular weight excluding hydrogens is 688 g/mol. The largest absolute Gasteiger partial charge is 0.492 e. The number of nitrogens with zero attached hydrogens (tertiary/aromatic N) is 3. The number of hydrogen-bond acceptors (Lipinski definition) is 9. The second-order valence-corrected chi connectivity index (χ2v) is 15.3. The summed E-state index contributed by atoms with van der Waals surface area (Å²) in [6.07, 6.45) is 1.62. The first kappa shape index (κ1) is 39.6. The third-order valence-electron chi connectivity index (χ3n) is 9.03. The van der Waals surface area contributed by atoms with Gasteiger partial charge in [-0.15, -0.1) is 0 Å². The minimum Gasteiger partial charge on any atom is -0.492 e. The lowest BCUT2D eigenvalue weighted by Crippen LogP contribution is -2.55. The molecule has 1 unspecified atom stereocenters. The van der Waals surface area contributed by atoms with Gasteiger partial charge in [-0.1, -0.05) is 52.0 Å². The van der Waals surface area contributed by atoms with E-state index in [0.29, 0.717) is 48.2 Å². The van der Waals surface area contributed by atoms with Crippen molar-refractivity contribution in [2.24, 2.45) is 0 Å². The second kappa shape index (κ2) is 16.6. The Balaban J connectivity index is 1.31. The molecule has 3 aromatic carbocycles. The zero-order valence-electron chi connectivity index (χ0n) is 32.7. The average molecular weight is 741 g/mol. The molecule has 5 rings (SSSR count). The van der Waals surface area contributed by atoms with Gasteiger partial charge in [-0.05, 0) is 68.5 Å². The van der Waals surface area contributed by atoms with Gasteiger partial charge >= 0.3 is 18.2 Å². The molecular formula is C41H52N6O7. The van der Waals surface area contributed by atoms with Crippen LogP contribution in [0.3, 0.4) is 0 Å². The van der Waals surface area contributed by atoms with Crippen LogP contribution in [0.25, 0.3) is 10.8 Å². The molecule has 4 aromatic rings. The highest BCUT2D eigenvalue weighted by atomic mass is 16.6. The van der Waals surface area contributed by atoms with Gasteiger partial charge in [-0.25, -0.2) is 14.4 Å². The van der Waals surface area contributed by atoms with E-state index in [2.05, 4.69) is 32.8 Å². The number of ether oxygens (including phenoxy) is 4. The molecule has 1 aromatic heterocycles.